The lowest BCUT2D eigenvalue weighted by Crippen LogP contribution is -2.33. The number of fused-ring (bicyclic) bond motifs is 1. The molecule has 0 aromatic carbocycles. The summed E-state index contributed by atoms with van der Waals surface area (Å²) in [4.78, 5) is 17.3. The molecule has 3 rings (SSSR count). The molecule has 4 N–H and O–H groups in total. The summed E-state index contributed by atoms with van der Waals surface area (Å²) >= 11 is 0. The van der Waals surface area contributed by atoms with Crippen molar-refractivity contribution >= 4 is 11.0 Å². The number of nitrogens with one attached hydrogen (secondary N) is 1. The van der Waals surface area contributed by atoms with Gasteiger partial charge in [0.05, 0.1) is 12.0 Å². The number of ether oxygens (including phenoxy) is 1. The van der Waals surface area contributed by atoms with Crippen molar-refractivity contribution < 1.29 is 37.6 Å². The summed E-state index contributed by atoms with van der Waals surface area (Å²) in [7, 11) is 0. The van der Waals surface area contributed by atoms with Gasteiger partial charge in [0.1, 0.15) is 41.6 Å². The van der Waals surface area contributed by atoms with Crippen molar-refractivity contribution in [3.8, 4) is 0 Å². The zero-order valence-electron chi connectivity index (χ0n) is 12.3. The molecule has 0 spiro atoms. The summed E-state index contributed by atoms with van der Waals surface area (Å²) in [5.74, 6) is -1.28. The number of halogens is 4. The molecule has 1 aliphatic heterocycles. The molecule has 7 nitrogen and oxygen atoms in total. The van der Waals surface area contributed by atoms with E-state index in [0.717, 1.165) is 6.07 Å². The first-order chi connectivity index (χ1) is 11.6. The van der Waals surface area contributed by atoms with Gasteiger partial charge in [-0.3, -0.25) is 4.79 Å². The van der Waals surface area contributed by atoms with E-state index in [0.29, 0.717) is 0 Å². The molecule has 1 fully saturated rings. The highest BCUT2D eigenvalue weighted by molar-refractivity contribution is 5.76. The second kappa shape index (κ2) is 6.02. The van der Waals surface area contributed by atoms with E-state index in [1.807, 2.05) is 4.98 Å². The molecule has 0 radical (unpaired) electrons. The summed E-state index contributed by atoms with van der Waals surface area (Å²) in [6.45, 7) is -0.634. The molecule has 0 saturated carbocycles. The molecule has 4 unspecified atom stereocenters. The lowest BCUT2D eigenvalue weighted by atomic mass is 10.0. The Labute approximate surface area is 136 Å². The first kappa shape index (κ1) is 17.7. The Hall–Kier alpha value is -2.08. The van der Waals surface area contributed by atoms with Crippen molar-refractivity contribution in [1.29, 1.82) is 0 Å². The molecule has 3 heterocycles. The number of aromatic nitrogens is 2. The summed E-state index contributed by atoms with van der Waals surface area (Å²) in [6.07, 6.45) is -10.5. The van der Waals surface area contributed by atoms with Crippen LogP contribution in [0.15, 0.2) is 16.9 Å². The molecule has 2 aromatic rings. The molecule has 0 amide bonds. The zero-order chi connectivity index (χ0) is 18.5. The number of rotatable bonds is 2. The molecular weight excluding hydrogens is 352 g/mol. The van der Waals surface area contributed by atoms with Gasteiger partial charge in [0, 0.05) is 11.6 Å². The number of hydrogen-bond acceptors (Lipinski definition) is 6. The van der Waals surface area contributed by atoms with Crippen LogP contribution >= 0.6 is 0 Å². The Morgan fingerprint density at radius 2 is 1.92 bits per heavy atom. The van der Waals surface area contributed by atoms with Crippen LogP contribution in [0.3, 0.4) is 0 Å². The first-order valence-corrected chi connectivity index (χ1v) is 7.06. The molecule has 25 heavy (non-hydrogen) atoms. The highest BCUT2D eigenvalue weighted by atomic mass is 19.4. The molecule has 0 bridgehead atoms. The van der Waals surface area contributed by atoms with Crippen LogP contribution in [0.25, 0.3) is 11.0 Å². The highest BCUT2D eigenvalue weighted by Crippen LogP contribution is 2.34. The maximum Gasteiger partial charge on any atom is 0.433 e. The van der Waals surface area contributed by atoms with E-state index < -0.39 is 65.3 Å². The van der Waals surface area contributed by atoms with Gasteiger partial charge in [0.2, 0.25) is 0 Å². The van der Waals surface area contributed by atoms with E-state index in [4.69, 9.17) is 9.84 Å². The second-order valence-corrected chi connectivity index (χ2v) is 5.56. The van der Waals surface area contributed by atoms with Crippen molar-refractivity contribution in [2.75, 3.05) is 6.61 Å². The average Bonchev–Trinajstić information content (AvgIpc) is 2.81. The number of pyridine rings is 2. The fourth-order valence-corrected chi connectivity index (χ4v) is 2.67. The predicted octanol–water partition coefficient (Wildman–Crippen LogP) is 0.235. The Morgan fingerprint density at radius 1 is 1.24 bits per heavy atom. The van der Waals surface area contributed by atoms with E-state index >= 15 is 0 Å². The van der Waals surface area contributed by atoms with Crippen molar-refractivity contribution in [2.45, 2.75) is 30.6 Å². The molecule has 1 saturated heterocycles. The molecular formula is C14H12F4N2O5. The van der Waals surface area contributed by atoms with E-state index in [-0.39, 0.29) is 11.6 Å². The van der Waals surface area contributed by atoms with Gasteiger partial charge in [0.15, 0.2) is 0 Å². The van der Waals surface area contributed by atoms with Gasteiger partial charge >= 0.3 is 6.18 Å². The van der Waals surface area contributed by atoms with Crippen LogP contribution in [-0.2, 0) is 10.9 Å². The van der Waals surface area contributed by atoms with Gasteiger partial charge in [-0.2, -0.15) is 13.2 Å². The number of aliphatic hydroxyl groups is 3. The van der Waals surface area contributed by atoms with Gasteiger partial charge in [0.25, 0.3) is 5.56 Å². The topological polar surface area (TPSA) is 116 Å². The Bertz CT molecular complexity index is 869. The van der Waals surface area contributed by atoms with E-state index in [1.165, 1.54) is 0 Å². The normalized spacial score (nSPS) is 27.2. The number of H-pyrrole nitrogens is 1. The summed E-state index contributed by atoms with van der Waals surface area (Å²) in [6, 6.07) is 1.08. The fourth-order valence-electron chi connectivity index (χ4n) is 2.67. The van der Waals surface area contributed by atoms with Crippen molar-refractivity contribution in [3.05, 3.63) is 39.6 Å². The molecule has 2 aromatic heterocycles. The summed E-state index contributed by atoms with van der Waals surface area (Å²) in [5.41, 5.74) is -3.40. The van der Waals surface area contributed by atoms with Gasteiger partial charge in [-0.1, -0.05) is 0 Å². The maximum absolute atomic E-state index is 14.0. The highest BCUT2D eigenvalue weighted by Gasteiger charge is 2.44. The van der Waals surface area contributed by atoms with Crippen LogP contribution in [0, 0.1) is 5.82 Å². The van der Waals surface area contributed by atoms with Gasteiger partial charge < -0.3 is 25.0 Å². The lowest BCUT2D eigenvalue weighted by Gasteiger charge is -2.15. The first-order valence-electron chi connectivity index (χ1n) is 7.06. The minimum absolute atomic E-state index is 0.182. The zero-order valence-corrected chi connectivity index (χ0v) is 12.3. The van der Waals surface area contributed by atoms with E-state index in [9.17, 15) is 32.6 Å². The van der Waals surface area contributed by atoms with Crippen LogP contribution in [0.4, 0.5) is 17.6 Å². The van der Waals surface area contributed by atoms with Crippen LogP contribution < -0.4 is 5.56 Å². The third-order valence-electron chi connectivity index (χ3n) is 3.94. The van der Waals surface area contributed by atoms with Crippen LogP contribution in [0.2, 0.25) is 0 Å². The molecule has 136 valence electrons. The van der Waals surface area contributed by atoms with Crippen molar-refractivity contribution in [2.24, 2.45) is 0 Å². The standard InChI is InChI=1S/C14H12F4N2O5/c15-6-2-8(14(16,17)18)19-12-4(6)1-5(13(24)20-12)11-10(23)9(22)7(3-21)25-11/h1-2,7,9-11,21-23H,3H2,(H,19,20,24). The van der Waals surface area contributed by atoms with Crippen LogP contribution in [0.5, 0.6) is 0 Å². The number of alkyl halides is 3. The molecule has 1 aliphatic rings. The minimum atomic E-state index is -4.90. The lowest BCUT2D eigenvalue weighted by molar-refractivity contribution is -0.141. The fraction of sp³-hybridized carbons (Fsp3) is 0.429. The molecule has 11 heteroatoms. The van der Waals surface area contributed by atoms with Crippen LogP contribution in [-0.4, -0.2) is 50.2 Å². The van der Waals surface area contributed by atoms with Crippen LogP contribution in [0.1, 0.15) is 17.4 Å². The van der Waals surface area contributed by atoms with Gasteiger partial charge in [-0.15, -0.1) is 0 Å². The monoisotopic (exact) mass is 364 g/mol. The average molecular weight is 364 g/mol. The Balaban J connectivity index is 2.12. The van der Waals surface area contributed by atoms with E-state index in [2.05, 4.69) is 4.98 Å². The SMILES string of the molecule is O=c1[nH]c2nc(C(F)(F)F)cc(F)c2cc1C1OC(CO)C(O)C1O. The molecule has 4 atom stereocenters. The van der Waals surface area contributed by atoms with Gasteiger partial charge in [-0.05, 0) is 6.07 Å². The van der Waals surface area contributed by atoms with Crippen molar-refractivity contribution in [1.82, 2.24) is 9.97 Å². The third kappa shape index (κ3) is 2.99. The number of nitrogens with zero attached hydrogens (tertiary/aromatic N) is 1. The third-order valence-corrected chi connectivity index (χ3v) is 3.94. The quantitative estimate of drug-likeness (QED) is 0.568. The number of aromatic amines is 1. The molecule has 0 aliphatic carbocycles. The van der Waals surface area contributed by atoms with E-state index in [1.54, 1.807) is 0 Å². The smallest absolute Gasteiger partial charge is 0.394 e. The largest absolute Gasteiger partial charge is 0.433 e. The summed E-state index contributed by atoms with van der Waals surface area (Å²) in [5, 5.41) is 28.3. The number of aliphatic hydroxyl groups excluding tert-OH is 3. The van der Waals surface area contributed by atoms with Gasteiger partial charge in [-0.25, -0.2) is 9.37 Å². The van der Waals surface area contributed by atoms with Crippen molar-refractivity contribution in [3.63, 3.8) is 0 Å². The Kier molecular flexibility index (Phi) is 4.27. The Morgan fingerprint density at radius 3 is 2.48 bits per heavy atom. The second-order valence-electron chi connectivity index (χ2n) is 5.56. The maximum atomic E-state index is 14.0. The predicted molar refractivity (Wildman–Crippen MR) is 74.0 cm³/mol. The minimum Gasteiger partial charge on any atom is -0.394 e. The summed E-state index contributed by atoms with van der Waals surface area (Å²) < 4.78 is 57.2. The number of hydrogen-bond donors (Lipinski definition) is 4.